The van der Waals surface area contributed by atoms with Crippen molar-refractivity contribution in [2.75, 3.05) is 13.1 Å². The molecule has 2 heterocycles. The van der Waals surface area contributed by atoms with Crippen molar-refractivity contribution in [1.82, 2.24) is 15.0 Å². The number of hydrogen-bond acceptors (Lipinski definition) is 5. The second-order valence-corrected chi connectivity index (χ2v) is 5.10. The van der Waals surface area contributed by atoms with E-state index in [9.17, 15) is 4.79 Å². The number of nitrogens with two attached hydrogens (primary N) is 1. The Bertz CT molecular complexity index is 424. The number of amides is 1. The third kappa shape index (κ3) is 4.76. The summed E-state index contributed by atoms with van der Waals surface area (Å²) < 4.78 is 5.14. The number of aromatic nitrogens is 2. The quantitative estimate of drug-likeness (QED) is 0.857. The molecule has 1 atom stereocenters. The van der Waals surface area contributed by atoms with Crippen molar-refractivity contribution < 1.29 is 9.32 Å². The van der Waals surface area contributed by atoms with Gasteiger partial charge in [-0.2, -0.15) is 4.98 Å². The summed E-state index contributed by atoms with van der Waals surface area (Å²) in [7, 11) is 0. The van der Waals surface area contributed by atoms with Crippen molar-refractivity contribution in [3.63, 3.8) is 0 Å². The molecule has 7 heteroatoms. The molecular formula is C13H23ClN4O2. The molecule has 0 aromatic carbocycles. The highest BCUT2D eigenvalue weighted by Crippen LogP contribution is 2.11. The Kier molecular flexibility index (Phi) is 6.95. The Labute approximate surface area is 125 Å². The molecule has 0 saturated carbocycles. The van der Waals surface area contributed by atoms with E-state index in [1.165, 1.54) is 0 Å². The molecule has 0 aliphatic carbocycles. The third-order valence-electron chi connectivity index (χ3n) is 3.34. The first kappa shape index (κ1) is 16.9. The van der Waals surface area contributed by atoms with Gasteiger partial charge in [0.2, 0.25) is 11.8 Å². The molecular weight excluding hydrogens is 280 g/mol. The molecule has 0 unspecified atom stereocenters. The van der Waals surface area contributed by atoms with Gasteiger partial charge in [0.05, 0.1) is 0 Å². The number of likely N-dealkylation sites (tertiary alicyclic amines) is 1. The lowest BCUT2D eigenvalue weighted by Gasteiger charge is -2.15. The van der Waals surface area contributed by atoms with Gasteiger partial charge >= 0.3 is 0 Å². The van der Waals surface area contributed by atoms with Crippen LogP contribution >= 0.6 is 12.4 Å². The zero-order chi connectivity index (χ0) is 13.7. The van der Waals surface area contributed by atoms with Crippen LogP contribution < -0.4 is 5.73 Å². The predicted molar refractivity (Wildman–Crippen MR) is 77.7 cm³/mol. The molecule has 2 N–H and O–H groups in total. The van der Waals surface area contributed by atoms with Crippen molar-refractivity contribution >= 4 is 18.3 Å². The SMILES string of the molecule is CCCc1noc(CCCC(=O)N2CC[C@@H](N)C2)n1.Cl. The van der Waals surface area contributed by atoms with E-state index in [0.29, 0.717) is 25.3 Å². The highest BCUT2D eigenvalue weighted by atomic mass is 35.5. The number of carbonyl (C=O) groups excluding carboxylic acids is 1. The molecule has 1 saturated heterocycles. The summed E-state index contributed by atoms with van der Waals surface area (Å²) in [4.78, 5) is 18.0. The van der Waals surface area contributed by atoms with Crippen LogP contribution in [0.5, 0.6) is 0 Å². The number of nitrogens with zero attached hydrogens (tertiary/aromatic N) is 3. The summed E-state index contributed by atoms with van der Waals surface area (Å²) in [6, 6.07) is 0.150. The van der Waals surface area contributed by atoms with Crippen LogP contribution in [0.3, 0.4) is 0 Å². The molecule has 1 aliphatic rings. The van der Waals surface area contributed by atoms with E-state index in [2.05, 4.69) is 17.1 Å². The van der Waals surface area contributed by atoms with Crippen LogP contribution in [0.4, 0.5) is 0 Å². The number of hydrogen-bond donors (Lipinski definition) is 1. The molecule has 1 fully saturated rings. The maximum atomic E-state index is 11.9. The molecule has 0 spiro atoms. The Morgan fingerprint density at radius 3 is 2.95 bits per heavy atom. The van der Waals surface area contributed by atoms with Crippen LogP contribution in [0.15, 0.2) is 4.52 Å². The minimum absolute atomic E-state index is 0. The van der Waals surface area contributed by atoms with Crippen LogP contribution in [0.2, 0.25) is 0 Å². The number of aryl methyl sites for hydroxylation is 2. The van der Waals surface area contributed by atoms with Gasteiger partial charge in [0.25, 0.3) is 0 Å². The summed E-state index contributed by atoms with van der Waals surface area (Å²) in [5.41, 5.74) is 5.79. The average Bonchev–Trinajstić information content (AvgIpc) is 2.99. The molecule has 1 aromatic rings. The van der Waals surface area contributed by atoms with Crippen LogP contribution in [0, 0.1) is 0 Å². The highest BCUT2D eigenvalue weighted by molar-refractivity contribution is 5.85. The zero-order valence-electron chi connectivity index (χ0n) is 11.9. The van der Waals surface area contributed by atoms with Crippen molar-refractivity contribution in [3.8, 4) is 0 Å². The van der Waals surface area contributed by atoms with Gasteiger partial charge in [-0.25, -0.2) is 0 Å². The van der Waals surface area contributed by atoms with Crippen molar-refractivity contribution in [1.29, 1.82) is 0 Å². The van der Waals surface area contributed by atoms with E-state index < -0.39 is 0 Å². The van der Waals surface area contributed by atoms with Gasteiger partial charge in [-0.3, -0.25) is 4.79 Å². The van der Waals surface area contributed by atoms with E-state index in [1.807, 2.05) is 4.90 Å². The van der Waals surface area contributed by atoms with E-state index in [4.69, 9.17) is 10.3 Å². The Balaban J connectivity index is 0.00000200. The van der Waals surface area contributed by atoms with Crippen LogP contribution in [0.1, 0.15) is 44.3 Å². The number of rotatable bonds is 6. The van der Waals surface area contributed by atoms with Gasteiger partial charge in [0.1, 0.15) is 0 Å². The molecule has 1 aliphatic heterocycles. The monoisotopic (exact) mass is 302 g/mol. The number of carbonyl (C=O) groups is 1. The second kappa shape index (κ2) is 8.21. The maximum Gasteiger partial charge on any atom is 0.226 e. The molecule has 6 nitrogen and oxygen atoms in total. The van der Waals surface area contributed by atoms with Gasteiger partial charge in [0, 0.05) is 38.4 Å². The Morgan fingerprint density at radius 1 is 1.50 bits per heavy atom. The first-order valence-corrected chi connectivity index (χ1v) is 7.04. The number of halogens is 1. The Hall–Kier alpha value is -1.14. The van der Waals surface area contributed by atoms with Gasteiger partial charge in [0.15, 0.2) is 5.82 Å². The summed E-state index contributed by atoms with van der Waals surface area (Å²) in [5.74, 6) is 1.57. The van der Waals surface area contributed by atoms with E-state index in [0.717, 1.165) is 38.1 Å². The minimum Gasteiger partial charge on any atom is -0.341 e. The van der Waals surface area contributed by atoms with Crippen molar-refractivity contribution in [2.45, 2.75) is 51.5 Å². The normalized spacial score (nSPS) is 18.1. The smallest absolute Gasteiger partial charge is 0.226 e. The van der Waals surface area contributed by atoms with Crippen LogP contribution in [-0.4, -0.2) is 40.1 Å². The lowest BCUT2D eigenvalue weighted by molar-refractivity contribution is -0.130. The lowest BCUT2D eigenvalue weighted by atomic mass is 10.2. The first-order chi connectivity index (χ1) is 9.19. The van der Waals surface area contributed by atoms with Crippen molar-refractivity contribution in [3.05, 3.63) is 11.7 Å². The van der Waals surface area contributed by atoms with E-state index in [1.54, 1.807) is 0 Å². The van der Waals surface area contributed by atoms with E-state index >= 15 is 0 Å². The summed E-state index contributed by atoms with van der Waals surface area (Å²) in [6.45, 7) is 3.57. The van der Waals surface area contributed by atoms with Crippen LogP contribution in [0.25, 0.3) is 0 Å². The minimum atomic E-state index is 0. The van der Waals surface area contributed by atoms with Crippen molar-refractivity contribution in [2.24, 2.45) is 5.73 Å². The topological polar surface area (TPSA) is 85.2 Å². The molecule has 20 heavy (non-hydrogen) atoms. The third-order valence-corrected chi connectivity index (χ3v) is 3.34. The van der Waals surface area contributed by atoms with Gasteiger partial charge in [-0.1, -0.05) is 12.1 Å². The van der Waals surface area contributed by atoms with Gasteiger partial charge < -0.3 is 15.2 Å². The molecule has 1 aromatic heterocycles. The fraction of sp³-hybridized carbons (Fsp3) is 0.769. The molecule has 0 radical (unpaired) electrons. The lowest BCUT2D eigenvalue weighted by Crippen LogP contribution is -2.31. The largest absolute Gasteiger partial charge is 0.341 e. The Morgan fingerprint density at radius 2 is 2.30 bits per heavy atom. The average molecular weight is 303 g/mol. The molecule has 2 rings (SSSR count). The summed E-state index contributed by atoms with van der Waals surface area (Å²) >= 11 is 0. The standard InChI is InChI=1S/C13H22N4O2.ClH/c1-2-4-11-15-12(19-16-11)5-3-6-13(18)17-8-7-10(14)9-17;/h10H,2-9,14H2,1H3;1H/t10-;/m1./s1. The maximum absolute atomic E-state index is 11.9. The highest BCUT2D eigenvalue weighted by Gasteiger charge is 2.23. The van der Waals surface area contributed by atoms with Gasteiger partial charge in [-0.15, -0.1) is 12.4 Å². The zero-order valence-corrected chi connectivity index (χ0v) is 12.7. The van der Waals surface area contributed by atoms with E-state index in [-0.39, 0.29) is 24.4 Å². The summed E-state index contributed by atoms with van der Waals surface area (Å²) in [5, 5.41) is 3.89. The fourth-order valence-electron chi connectivity index (χ4n) is 2.28. The fourth-order valence-corrected chi connectivity index (χ4v) is 2.28. The predicted octanol–water partition coefficient (Wildman–Crippen LogP) is 1.33. The summed E-state index contributed by atoms with van der Waals surface area (Å²) in [6.07, 6.45) is 4.70. The van der Waals surface area contributed by atoms with Crippen LogP contribution in [-0.2, 0) is 17.6 Å². The van der Waals surface area contributed by atoms with Gasteiger partial charge in [-0.05, 0) is 19.3 Å². The molecule has 0 bridgehead atoms. The first-order valence-electron chi connectivity index (χ1n) is 7.04. The molecule has 114 valence electrons. The second-order valence-electron chi connectivity index (χ2n) is 5.10. The molecule has 1 amide bonds.